The summed E-state index contributed by atoms with van der Waals surface area (Å²) in [6.07, 6.45) is 0.250. The minimum absolute atomic E-state index is 0.216. The molecule has 5 nitrogen and oxygen atoms in total. The van der Waals surface area contributed by atoms with E-state index < -0.39 is 16.6 Å². The molecule has 1 atom stereocenters. The largest absolute Gasteiger partial charge is 0.495 e. The Morgan fingerprint density at radius 2 is 1.92 bits per heavy atom. The van der Waals surface area contributed by atoms with Crippen LogP contribution in [0, 0.1) is 0 Å². The van der Waals surface area contributed by atoms with Crippen molar-refractivity contribution < 1.29 is 19.1 Å². The maximum absolute atomic E-state index is 13.0. The van der Waals surface area contributed by atoms with Crippen molar-refractivity contribution >= 4 is 29.3 Å². The summed E-state index contributed by atoms with van der Waals surface area (Å²) in [4.78, 5) is 26.5. The third-order valence-corrected chi connectivity index (χ3v) is 5.40. The van der Waals surface area contributed by atoms with Gasteiger partial charge in [-0.25, -0.2) is 4.79 Å². The minimum atomic E-state index is -1.36. The molecule has 130 valence electrons. The molecule has 0 aromatic heterocycles. The molecule has 0 saturated carbocycles. The van der Waals surface area contributed by atoms with Gasteiger partial charge < -0.3 is 14.8 Å². The van der Waals surface area contributed by atoms with Crippen LogP contribution in [0.15, 0.2) is 53.4 Å². The number of methoxy groups -OCH3 is 1. The minimum Gasteiger partial charge on any atom is -0.495 e. The zero-order chi connectivity index (χ0) is 17.9. The fourth-order valence-electron chi connectivity index (χ4n) is 2.79. The van der Waals surface area contributed by atoms with Crippen LogP contribution in [0.2, 0.25) is 0 Å². The number of fused-ring (bicyclic) bond motifs is 1. The van der Waals surface area contributed by atoms with Crippen LogP contribution in [-0.2, 0) is 20.7 Å². The molecule has 0 bridgehead atoms. The van der Waals surface area contributed by atoms with Crippen molar-refractivity contribution in [3.8, 4) is 5.75 Å². The van der Waals surface area contributed by atoms with Crippen LogP contribution in [0.4, 0.5) is 5.69 Å². The van der Waals surface area contributed by atoms with Gasteiger partial charge in [0.25, 0.3) is 5.91 Å². The number of hydrogen-bond donors (Lipinski definition) is 1. The van der Waals surface area contributed by atoms with Crippen molar-refractivity contribution in [2.75, 3.05) is 19.0 Å². The van der Waals surface area contributed by atoms with Gasteiger partial charge in [0.1, 0.15) is 5.75 Å². The summed E-state index contributed by atoms with van der Waals surface area (Å²) >= 11 is 1.22. The number of amides is 1. The monoisotopic (exact) mass is 357 g/mol. The van der Waals surface area contributed by atoms with Gasteiger partial charge in [-0.1, -0.05) is 48.2 Å². The van der Waals surface area contributed by atoms with Gasteiger partial charge in [0.05, 0.1) is 19.4 Å². The molecule has 1 heterocycles. The molecular weight excluding hydrogens is 338 g/mol. The van der Waals surface area contributed by atoms with Crippen molar-refractivity contribution in [2.24, 2.45) is 0 Å². The van der Waals surface area contributed by atoms with Crippen LogP contribution in [-0.4, -0.2) is 30.3 Å². The van der Waals surface area contributed by atoms with Crippen molar-refractivity contribution in [3.05, 3.63) is 54.1 Å². The van der Waals surface area contributed by atoms with Crippen LogP contribution in [0.3, 0.4) is 0 Å². The molecule has 1 amide bonds. The third-order valence-electron chi connectivity index (χ3n) is 4.00. The van der Waals surface area contributed by atoms with E-state index in [-0.39, 0.29) is 13.0 Å². The van der Waals surface area contributed by atoms with Crippen molar-refractivity contribution in [3.63, 3.8) is 0 Å². The fourth-order valence-corrected chi connectivity index (χ4v) is 4.09. The van der Waals surface area contributed by atoms with E-state index in [0.717, 1.165) is 10.5 Å². The summed E-state index contributed by atoms with van der Waals surface area (Å²) in [5.74, 6) is -0.359. The lowest BCUT2D eigenvalue weighted by molar-refractivity contribution is -0.148. The molecule has 0 saturated heterocycles. The standard InChI is InChI=1S/C19H19NO4S/c1-3-24-18(22)19(12-13-8-5-4-6-9-13)17(21)20-16-14(23-2)10-7-11-15(16)25-19/h4-11H,3,12H2,1-2H3,(H,20,21). The average Bonchev–Trinajstić information content (AvgIpc) is 2.63. The molecule has 1 N–H and O–H groups in total. The van der Waals surface area contributed by atoms with Crippen LogP contribution < -0.4 is 10.1 Å². The SMILES string of the molecule is CCOC(=O)C1(Cc2ccccc2)Sc2cccc(OC)c2NC1=O. The first-order valence-corrected chi connectivity index (χ1v) is 8.81. The van der Waals surface area contributed by atoms with Gasteiger partial charge in [0.15, 0.2) is 0 Å². The number of thioether (sulfide) groups is 1. The molecule has 0 fully saturated rings. The number of hydrogen-bond acceptors (Lipinski definition) is 5. The molecule has 6 heteroatoms. The van der Waals surface area contributed by atoms with Gasteiger partial charge in [-0.2, -0.15) is 0 Å². The summed E-state index contributed by atoms with van der Waals surface area (Å²) in [7, 11) is 1.55. The van der Waals surface area contributed by atoms with Crippen LogP contribution >= 0.6 is 11.8 Å². The molecule has 2 aromatic carbocycles. The first-order chi connectivity index (χ1) is 12.1. The smallest absolute Gasteiger partial charge is 0.332 e. The number of carbonyl (C=O) groups excluding carboxylic acids is 2. The zero-order valence-corrected chi connectivity index (χ0v) is 14.9. The molecule has 3 rings (SSSR count). The van der Waals surface area contributed by atoms with Crippen LogP contribution in [0.1, 0.15) is 12.5 Å². The zero-order valence-electron chi connectivity index (χ0n) is 14.1. The Morgan fingerprint density at radius 1 is 1.16 bits per heavy atom. The van der Waals surface area contributed by atoms with E-state index in [1.54, 1.807) is 20.1 Å². The van der Waals surface area contributed by atoms with Crippen molar-refractivity contribution in [1.29, 1.82) is 0 Å². The maximum Gasteiger partial charge on any atom is 0.332 e. The van der Waals surface area contributed by atoms with Gasteiger partial charge in [-0.05, 0) is 24.6 Å². The fraction of sp³-hybridized carbons (Fsp3) is 0.263. The molecule has 2 aromatic rings. The molecule has 1 unspecified atom stereocenters. The number of benzene rings is 2. The number of rotatable bonds is 5. The molecule has 1 aliphatic heterocycles. The normalized spacial score (nSPS) is 18.9. The van der Waals surface area contributed by atoms with E-state index in [1.807, 2.05) is 42.5 Å². The van der Waals surface area contributed by atoms with Crippen LogP contribution in [0.5, 0.6) is 5.75 Å². The van der Waals surface area contributed by atoms with Gasteiger partial charge in [-0.15, -0.1) is 0 Å². The predicted molar refractivity (Wildman–Crippen MR) is 97.0 cm³/mol. The highest BCUT2D eigenvalue weighted by Crippen LogP contribution is 2.48. The second-order valence-electron chi connectivity index (χ2n) is 5.60. The second kappa shape index (κ2) is 7.19. The highest BCUT2D eigenvalue weighted by molar-refractivity contribution is 8.02. The molecule has 25 heavy (non-hydrogen) atoms. The van der Waals surface area contributed by atoms with E-state index in [1.165, 1.54) is 11.8 Å². The first-order valence-electron chi connectivity index (χ1n) is 7.99. The van der Waals surface area contributed by atoms with Crippen molar-refractivity contribution in [2.45, 2.75) is 23.0 Å². The first kappa shape index (κ1) is 17.4. The van der Waals surface area contributed by atoms with Gasteiger partial charge in [-0.3, -0.25) is 4.79 Å². The molecule has 1 aliphatic rings. The Bertz CT molecular complexity index is 793. The lowest BCUT2D eigenvalue weighted by Crippen LogP contribution is -2.51. The van der Waals surface area contributed by atoms with E-state index >= 15 is 0 Å². The van der Waals surface area contributed by atoms with Gasteiger partial charge in [0, 0.05) is 11.3 Å². The molecule has 0 radical (unpaired) electrons. The number of nitrogens with one attached hydrogen (secondary N) is 1. The van der Waals surface area contributed by atoms with Crippen molar-refractivity contribution in [1.82, 2.24) is 0 Å². The Kier molecular flexibility index (Phi) is 4.99. The summed E-state index contributed by atoms with van der Waals surface area (Å²) in [5, 5.41) is 2.84. The lowest BCUT2D eigenvalue weighted by Gasteiger charge is -2.34. The third kappa shape index (κ3) is 3.22. The summed E-state index contributed by atoms with van der Waals surface area (Å²) in [6, 6.07) is 14.9. The van der Waals surface area contributed by atoms with Gasteiger partial charge >= 0.3 is 5.97 Å². The van der Waals surface area contributed by atoms with E-state index in [2.05, 4.69) is 5.32 Å². The highest BCUT2D eigenvalue weighted by Gasteiger charge is 2.52. The average molecular weight is 357 g/mol. The highest BCUT2D eigenvalue weighted by atomic mass is 32.2. The topological polar surface area (TPSA) is 64.6 Å². The van der Waals surface area contributed by atoms with Crippen LogP contribution in [0.25, 0.3) is 0 Å². The van der Waals surface area contributed by atoms with Gasteiger partial charge in [0.2, 0.25) is 4.75 Å². The Hall–Kier alpha value is -2.47. The number of esters is 1. The lowest BCUT2D eigenvalue weighted by atomic mass is 9.96. The van der Waals surface area contributed by atoms with E-state index in [9.17, 15) is 9.59 Å². The molecule has 0 aliphatic carbocycles. The number of carbonyl (C=O) groups is 2. The predicted octanol–water partition coefficient (Wildman–Crippen LogP) is 3.28. The van der Waals surface area contributed by atoms with E-state index in [4.69, 9.17) is 9.47 Å². The molecular formula is C19H19NO4S. The Morgan fingerprint density at radius 3 is 2.60 bits per heavy atom. The Labute approximate surface area is 150 Å². The second-order valence-corrected chi connectivity index (χ2v) is 6.94. The number of para-hydroxylation sites is 1. The quantitative estimate of drug-likeness (QED) is 0.657. The van der Waals surface area contributed by atoms with E-state index in [0.29, 0.717) is 11.4 Å². The summed E-state index contributed by atoms with van der Waals surface area (Å²) in [6.45, 7) is 1.95. The number of ether oxygens (including phenoxy) is 2. The number of anilines is 1. The summed E-state index contributed by atoms with van der Waals surface area (Å²) < 4.78 is 9.19. The molecule has 0 spiro atoms. The Balaban J connectivity index is 2.05. The maximum atomic E-state index is 13.0. The summed E-state index contributed by atoms with van der Waals surface area (Å²) in [5.41, 5.74) is 1.48.